The number of hydrogen-bond acceptors (Lipinski definition) is 4. The average molecular weight is 278 g/mol. The molecule has 5 heteroatoms. The van der Waals surface area contributed by atoms with Gasteiger partial charge in [0.1, 0.15) is 5.75 Å². The lowest BCUT2D eigenvalue weighted by Gasteiger charge is -2.30. The first kappa shape index (κ1) is 14.6. The fourth-order valence-electron chi connectivity index (χ4n) is 2.93. The van der Waals surface area contributed by atoms with E-state index in [1.54, 1.807) is 13.2 Å². The van der Waals surface area contributed by atoms with Crippen LogP contribution in [0, 0.1) is 16.0 Å². The van der Waals surface area contributed by atoms with Gasteiger partial charge in [-0.05, 0) is 24.8 Å². The molecular formula is C15H22N2O3. The number of anilines is 1. The molecule has 0 aromatic heterocycles. The molecule has 1 aliphatic carbocycles. The van der Waals surface area contributed by atoms with E-state index in [0.717, 1.165) is 24.4 Å². The van der Waals surface area contributed by atoms with E-state index in [1.807, 2.05) is 0 Å². The van der Waals surface area contributed by atoms with Gasteiger partial charge in [-0.1, -0.05) is 26.2 Å². The molecule has 0 bridgehead atoms. The summed E-state index contributed by atoms with van der Waals surface area (Å²) in [7, 11) is 1.54. The fourth-order valence-corrected chi connectivity index (χ4v) is 2.93. The molecule has 1 fully saturated rings. The minimum absolute atomic E-state index is 0.0579. The molecule has 1 aromatic carbocycles. The van der Waals surface area contributed by atoms with Crippen molar-refractivity contribution in [2.24, 2.45) is 5.92 Å². The second kappa shape index (κ2) is 6.59. The van der Waals surface area contributed by atoms with E-state index in [0.29, 0.717) is 11.8 Å². The Labute approximate surface area is 119 Å². The first-order valence-corrected chi connectivity index (χ1v) is 7.23. The Bertz CT molecular complexity index is 476. The van der Waals surface area contributed by atoms with Crippen LogP contribution in [0.2, 0.25) is 0 Å². The van der Waals surface area contributed by atoms with E-state index in [-0.39, 0.29) is 5.69 Å². The summed E-state index contributed by atoms with van der Waals surface area (Å²) < 4.78 is 5.26. The maximum absolute atomic E-state index is 10.8. The topological polar surface area (TPSA) is 64.4 Å². The third kappa shape index (κ3) is 3.40. The molecule has 1 N–H and O–H groups in total. The molecule has 0 radical (unpaired) electrons. The predicted molar refractivity (Wildman–Crippen MR) is 79.3 cm³/mol. The summed E-state index contributed by atoms with van der Waals surface area (Å²) in [6.07, 6.45) is 6.08. The highest BCUT2D eigenvalue weighted by molar-refractivity contribution is 5.61. The highest BCUT2D eigenvalue weighted by Gasteiger charge is 2.22. The number of non-ortho nitro benzene ring substituents is 1. The van der Waals surface area contributed by atoms with Crippen LogP contribution in [0.3, 0.4) is 0 Å². The maximum atomic E-state index is 10.8. The molecule has 1 aromatic rings. The number of hydrogen-bond donors (Lipinski definition) is 1. The van der Waals surface area contributed by atoms with Crippen LogP contribution in [0.1, 0.15) is 39.0 Å². The van der Waals surface area contributed by atoms with Gasteiger partial charge in [0, 0.05) is 12.1 Å². The lowest BCUT2D eigenvalue weighted by atomic mass is 9.84. The monoisotopic (exact) mass is 278 g/mol. The molecule has 0 amide bonds. The van der Waals surface area contributed by atoms with E-state index < -0.39 is 4.92 Å². The summed E-state index contributed by atoms with van der Waals surface area (Å²) in [5.41, 5.74) is 0.905. The molecule has 0 heterocycles. The second-order valence-corrected chi connectivity index (χ2v) is 5.42. The molecule has 2 unspecified atom stereocenters. The van der Waals surface area contributed by atoms with Gasteiger partial charge in [-0.25, -0.2) is 0 Å². The summed E-state index contributed by atoms with van der Waals surface area (Å²) in [5.74, 6) is 1.32. The lowest BCUT2D eigenvalue weighted by Crippen LogP contribution is -2.27. The van der Waals surface area contributed by atoms with E-state index in [2.05, 4.69) is 12.2 Å². The molecule has 20 heavy (non-hydrogen) atoms. The molecule has 2 rings (SSSR count). The number of ether oxygens (including phenoxy) is 1. The van der Waals surface area contributed by atoms with Crippen molar-refractivity contribution in [2.75, 3.05) is 12.4 Å². The number of nitro benzene ring substituents is 1. The van der Waals surface area contributed by atoms with Crippen molar-refractivity contribution >= 4 is 11.4 Å². The van der Waals surface area contributed by atoms with Crippen molar-refractivity contribution in [3.8, 4) is 5.75 Å². The van der Waals surface area contributed by atoms with Crippen LogP contribution in [0.5, 0.6) is 5.75 Å². The molecule has 0 spiro atoms. The fraction of sp³-hybridized carbons (Fsp3) is 0.600. The standard InChI is InChI=1S/C15H22N2O3/c1-3-11-5-4-6-12(9-11)16-14-8-7-13(17(18)19)10-15(14)20-2/h7-8,10-12,16H,3-6,9H2,1-2H3. The molecule has 0 saturated heterocycles. The molecule has 5 nitrogen and oxygen atoms in total. The van der Waals surface area contributed by atoms with Crippen LogP contribution >= 0.6 is 0 Å². The van der Waals surface area contributed by atoms with Gasteiger partial charge in [-0.2, -0.15) is 0 Å². The van der Waals surface area contributed by atoms with Crippen molar-refractivity contribution in [3.63, 3.8) is 0 Å². The number of methoxy groups -OCH3 is 1. The summed E-state index contributed by atoms with van der Waals surface area (Å²) in [5, 5.41) is 14.3. The number of rotatable bonds is 5. The van der Waals surface area contributed by atoms with Crippen LogP contribution in [-0.2, 0) is 0 Å². The van der Waals surface area contributed by atoms with Crippen molar-refractivity contribution in [3.05, 3.63) is 28.3 Å². The van der Waals surface area contributed by atoms with Crippen molar-refractivity contribution in [1.82, 2.24) is 0 Å². The molecule has 0 aliphatic heterocycles. The average Bonchev–Trinajstić information content (AvgIpc) is 2.47. The van der Waals surface area contributed by atoms with E-state index in [4.69, 9.17) is 4.74 Å². The zero-order valence-corrected chi connectivity index (χ0v) is 12.1. The third-order valence-electron chi connectivity index (χ3n) is 4.12. The van der Waals surface area contributed by atoms with Crippen LogP contribution in [-0.4, -0.2) is 18.1 Å². The predicted octanol–water partition coefficient (Wildman–Crippen LogP) is 3.98. The highest BCUT2D eigenvalue weighted by atomic mass is 16.6. The smallest absolute Gasteiger partial charge is 0.273 e. The van der Waals surface area contributed by atoms with Crippen LogP contribution in [0.25, 0.3) is 0 Å². The molecular weight excluding hydrogens is 256 g/mol. The molecule has 110 valence electrons. The summed E-state index contributed by atoms with van der Waals surface area (Å²) >= 11 is 0. The van der Waals surface area contributed by atoms with E-state index in [1.165, 1.54) is 31.4 Å². The zero-order chi connectivity index (χ0) is 14.5. The van der Waals surface area contributed by atoms with Gasteiger partial charge in [-0.15, -0.1) is 0 Å². The normalized spacial score (nSPS) is 22.3. The highest BCUT2D eigenvalue weighted by Crippen LogP contribution is 2.33. The van der Waals surface area contributed by atoms with Gasteiger partial charge in [0.25, 0.3) is 5.69 Å². The minimum atomic E-state index is -0.403. The quantitative estimate of drug-likeness (QED) is 0.653. The largest absolute Gasteiger partial charge is 0.494 e. The number of nitro groups is 1. The Morgan fingerprint density at radius 2 is 2.25 bits per heavy atom. The van der Waals surface area contributed by atoms with E-state index >= 15 is 0 Å². The SMILES string of the molecule is CCC1CCCC(Nc2ccc([N+](=O)[O-])cc2OC)C1. The van der Waals surface area contributed by atoms with Gasteiger partial charge < -0.3 is 10.1 Å². The van der Waals surface area contributed by atoms with E-state index in [9.17, 15) is 10.1 Å². The first-order valence-electron chi connectivity index (χ1n) is 7.23. The lowest BCUT2D eigenvalue weighted by molar-refractivity contribution is -0.384. The Hall–Kier alpha value is -1.78. The second-order valence-electron chi connectivity index (χ2n) is 5.42. The Morgan fingerprint density at radius 3 is 2.90 bits per heavy atom. The van der Waals surface area contributed by atoms with Gasteiger partial charge in [0.05, 0.1) is 23.8 Å². The van der Waals surface area contributed by atoms with Crippen LogP contribution in [0.15, 0.2) is 18.2 Å². The maximum Gasteiger partial charge on any atom is 0.273 e. The van der Waals surface area contributed by atoms with Gasteiger partial charge in [0.2, 0.25) is 0 Å². The van der Waals surface area contributed by atoms with Crippen LogP contribution in [0.4, 0.5) is 11.4 Å². The number of benzene rings is 1. The molecule has 2 atom stereocenters. The number of nitrogens with zero attached hydrogens (tertiary/aromatic N) is 1. The minimum Gasteiger partial charge on any atom is -0.494 e. The Kier molecular flexibility index (Phi) is 4.82. The van der Waals surface area contributed by atoms with Gasteiger partial charge in [-0.3, -0.25) is 10.1 Å². The third-order valence-corrected chi connectivity index (χ3v) is 4.12. The summed E-state index contributed by atoms with van der Waals surface area (Å²) in [6.45, 7) is 2.24. The first-order chi connectivity index (χ1) is 9.63. The Morgan fingerprint density at radius 1 is 1.45 bits per heavy atom. The van der Waals surface area contributed by atoms with Gasteiger partial charge in [0.15, 0.2) is 0 Å². The zero-order valence-electron chi connectivity index (χ0n) is 12.1. The Balaban J connectivity index is 2.10. The summed E-state index contributed by atoms with van der Waals surface area (Å²) in [4.78, 5) is 10.4. The summed E-state index contributed by atoms with van der Waals surface area (Å²) in [6, 6.07) is 5.17. The molecule has 1 saturated carbocycles. The van der Waals surface area contributed by atoms with Crippen molar-refractivity contribution in [1.29, 1.82) is 0 Å². The van der Waals surface area contributed by atoms with Crippen molar-refractivity contribution in [2.45, 2.75) is 45.1 Å². The van der Waals surface area contributed by atoms with Gasteiger partial charge >= 0.3 is 0 Å². The number of nitrogens with one attached hydrogen (secondary N) is 1. The van der Waals surface area contributed by atoms with Crippen molar-refractivity contribution < 1.29 is 9.66 Å². The molecule has 1 aliphatic rings. The van der Waals surface area contributed by atoms with Crippen LogP contribution < -0.4 is 10.1 Å².